The van der Waals surface area contributed by atoms with Crippen LogP contribution in [0, 0.1) is 24.2 Å². The molecular formula is C14H17ClN2O. The SMILES string of the molecule is COc1cc(Cl)c(C)cc1N1CCC(C#N)CC1. The van der Waals surface area contributed by atoms with Crippen LogP contribution in [0.1, 0.15) is 18.4 Å². The second kappa shape index (κ2) is 5.49. The number of hydrogen-bond donors (Lipinski definition) is 0. The average molecular weight is 265 g/mol. The third-order valence-electron chi connectivity index (χ3n) is 3.48. The maximum absolute atomic E-state index is 8.92. The summed E-state index contributed by atoms with van der Waals surface area (Å²) >= 11 is 6.11. The van der Waals surface area contributed by atoms with Crippen molar-refractivity contribution in [2.24, 2.45) is 5.92 Å². The molecule has 0 aromatic heterocycles. The zero-order valence-corrected chi connectivity index (χ0v) is 11.5. The average Bonchev–Trinajstić information content (AvgIpc) is 2.41. The molecule has 2 rings (SSSR count). The highest BCUT2D eigenvalue weighted by Gasteiger charge is 2.21. The Kier molecular flexibility index (Phi) is 3.98. The van der Waals surface area contributed by atoms with Crippen LogP contribution in [-0.2, 0) is 0 Å². The number of piperidine rings is 1. The molecule has 4 heteroatoms. The summed E-state index contributed by atoms with van der Waals surface area (Å²) in [6.07, 6.45) is 1.84. The molecule has 1 fully saturated rings. The molecule has 0 unspecified atom stereocenters. The third kappa shape index (κ3) is 2.54. The highest BCUT2D eigenvalue weighted by molar-refractivity contribution is 6.31. The molecule has 0 spiro atoms. The van der Waals surface area contributed by atoms with Gasteiger partial charge in [-0.1, -0.05) is 11.6 Å². The highest BCUT2D eigenvalue weighted by atomic mass is 35.5. The van der Waals surface area contributed by atoms with Crippen LogP contribution in [0.2, 0.25) is 5.02 Å². The van der Waals surface area contributed by atoms with Crippen molar-refractivity contribution in [3.8, 4) is 11.8 Å². The quantitative estimate of drug-likeness (QED) is 0.821. The van der Waals surface area contributed by atoms with Crippen LogP contribution in [0.25, 0.3) is 0 Å². The van der Waals surface area contributed by atoms with Gasteiger partial charge in [-0.25, -0.2) is 0 Å². The monoisotopic (exact) mass is 264 g/mol. The normalized spacial score (nSPS) is 16.4. The molecule has 3 nitrogen and oxygen atoms in total. The summed E-state index contributed by atoms with van der Waals surface area (Å²) in [6.45, 7) is 3.79. The zero-order valence-electron chi connectivity index (χ0n) is 10.7. The van der Waals surface area contributed by atoms with Crippen molar-refractivity contribution in [3.05, 3.63) is 22.7 Å². The minimum Gasteiger partial charge on any atom is -0.495 e. The molecule has 1 aromatic carbocycles. The van der Waals surface area contributed by atoms with Gasteiger partial charge in [0.2, 0.25) is 0 Å². The minimum atomic E-state index is 0.195. The van der Waals surface area contributed by atoms with Gasteiger partial charge in [-0.2, -0.15) is 5.26 Å². The van der Waals surface area contributed by atoms with Crippen LogP contribution in [0.15, 0.2) is 12.1 Å². The van der Waals surface area contributed by atoms with Crippen LogP contribution in [0.5, 0.6) is 5.75 Å². The van der Waals surface area contributed by atoms with Crippen LogP contribution >= 0.6 is 11.6 Å². The number of halogens is 1. The van der Waals surface area contributed by atoms with E-state index in [2.05, 4.69) is 17.0 Å². The first-order valence-electron chi connectivity index (χ1n) is 6.14. The van der Waals surface area contributed by atoms with E-state index < -0.39 is 0 Å². The summed E-state index contributed by atoms with van der Waals surface area (Å²) in [4.78, 5) is 2.27. The molecule has 96 valence electrons. The van der Waals surface area contributed by atoms with E-state index in [4.69, 9.17) is 21.6 Å². The van der Waals surface area contributed by atoms with Gasteiger partial charge in [0.15, 0.2) is 0 Å². The van der Waals surface area contributed by atoms with E-state index in [0.717, 1.165) is 48.0 Å². The van der Waals surface area contributed by atoms with Crippen LogP contribution < -0.4 is 9.64 Å². The molecule has 1 aliphatic rings. The largest absolute Gasteiger partial charge is 0.495 e. The molecule has 0 bridgehead atoms. The number of nitriles is 1. The second-order valence-electron chi connectivity index (χ2n) is 4.66. The Bertz CT molecular complexity index is 473. The fourth-order valence-corrected chi connectivity index (χ4v) is 2.46. The number of hydrogen-bond acceptors (Lipinski definition) is 3. The van der Waals surface area contributed by atoms with E-state index in [9.17, 15) is 0 Å². The molecule has 1 aliphatic heterocycles. The molecule has 0 amide bonds. The summed E-state index contributed by atoms with van der Waals surface area (Å²) in [7, 11) is 1.66. The molecule has 0 radical (unpaired) electrons. The predicted molar refractivity (Wildman–Crippen MR) is 73.3 cm³/mol. The lowest BCUT2D eigenvalue weighted by Gasteiger charge is -2.32. The number of ether oxygens (including phenoxy) is 1. The fraction of sp³-hybridized carbons (Fsp3) is 0.500. The molecule has 0 N–H and O–H groups in total. The number of nitrogens with zero attached hydrogens (tertiary/aromatic N) is 2. The second-order valence-corrected chi connectivity index (χ2v) is 5.07. The van der Waals surface area contributed by atoms with E-state index in [1.165, 1.54) is 0 Å². The van der Waals surface area contributed by atoms with E-state index in [-0.39, 0.29) is 5.92 Å². The van der Waals surface area contributed by atoms with E-state index in [0.29, 0.717) is 0 Å². The lowest BCUT2D eigenvalue weighted by atomic mass is 9.98. The maximum atomic E-state index is 8.92. The predicted octanol–water partition coefficient (Wildman–Crippen LogP) is 3.40. The van der Waals surface area contributed by atoms with Gasteiger partial charge in [0.05, 0.1) is 18.9 Å². The van der Waals surface area contributed by atoms with Crippen molar-refractivity contribution in [1.82, 2.24) is 0 Å². The molecule has 1 saturated heterocycles. The Hall–Kier alpha value is -1.40. The topological polar surface area (TPSA) is 36.3 Å². The van der Waals surface area contributed by atoms with Crippen LogP contribution in [-0.4, -0.2) is 20.2 Å². The number of aryl methyl sites for hydroxylation is 1. The van der Waals surface area contributed by atoms with E-state index >= 15 is 0 Å². The van der Waals surface area contributed by atoms with Gasteiger partial charge in [-0.3, -0.25) is 0 Å². The van der Waals surface area contributed by atoms with Gasteiger partial charge in [-0.05, 0) is 31.4 Å². The first-order valence-corrected chi connectivity index (χ1v) is 6.52. The molecule has 0 atom stereocenters. The zero-order chi connectivity index (χ0) is 13.1. The summed E-state index contributed by atoms with van der Waals surface area (Å²) < 4.78 is 5.40. The minimum absolute atomic E-state index is 0.195. The fourth-order valence-electron chi connectivity index (χ4n) is 2.31. The van der Waals surface area contributed by atoms with Gasteiger partial charge < -0.3 is 9.64 Å². The van der Waals surface area contributed by atoms with Crippen molar-refractivity contribution < 1.29 is 4.74 Å². The molecule has 0 saturated carbocycles. The Balaban J connectivity index is 2.23. The van der Waals surface area contributed by atoms with Crippen molar-refractivity contribution in [3.63, 3.8) is 0 Å². The van der Waals surface area contributed by atoms with Crippen molar-refractivity contribution in [1.29, 1.82) is 5.26 Å². The first-order chi connectivity index (χ1) is 8.65. The number of benzene rings is 1. The van der Waals surface area contributed by atoms with Crippen LogP contribution in [0.3, 0.4) is 0 Å². The molecule has 0 aliphatic carbocycles. The van der Waals surface area contributed by atoms with E-state index in [1.54, 1.807) is 7.11 Å². The maximum Gasteiger partial charge on any atom is 0.143 e. The standard InChI is InChI=1S/C14H17ClN2O/c1-10-7-13(14(18-2)8-12(10)15)17-5-3-11(9-16)4-6-17/h7-8,11H,3-6H2,1-2H3. The van der Waals surface area contributed by atoms with Gasteiger partial charge in [0, 0.05) is 30.1 Å². The summed E-state index contributed by atoms with van der Waals surface area (Å²) in [6, 6.07) is 6.27. The number of anilines is 1. The lowest BCUT2D eigenvalue weighted by Crippen LogP contribution is -2.33. The van der Waals surface area contributed by atoms with Crippen LogP contribution in [0.4, 0.5) is 5.69 Å². The molecule has 1 heterocycles. The number of methoxy groups -OCH3 is 1. The molecule has 1 aromatic rings. The highest BCUT2D eigenvalue weighted by Crippen LogP contribution is 2.35. The molecular weight excluding hydrogens is 248 g/mol. The van der Waals surface area contributed by atoms with Gasteiger partial charge >= 0.3 is 0 Å². The summed E-state index contributed by atoms with van der Waals surface area (Å²) in [5, 5.41) is 9.64. The van der Waals surface area contributed by atoms with Gasteiger partial charge in [0.1, 0.15) is 5.75 Å². The Morgan fingerprint density at radius 3 is 2.61 bits per heavy atom. The Morgan fingerprint density at radius 2 is 2.06 bits per heavy atom. The number of rotatable bonds is 2. The van der Waals surface area contributed by atoms with Gasteiger partial charge in [0.25, 0.3) is 0 Å². The summed E-state index contributed by atoms with van der Waals surface area (Å²) in [5.41, 5.74) is 2.13. The van der Waals surface area contributed by atoms with Gasteiger partial charge in [-0.15, -0.1) is 0 Å². The Labute approximate surface area is 113 Å². The molecule has 18 heavy (non-hydrogen) atoms. The first kappa shape index (κ1) is 13.0. The Morgan fingerprint density at radius 1 is 1.39 bits per heavy atom. The third-order valence-corrected chi connectivity index (χ3v) is 3.89. The summed E-state index contributed by atoms with van der Waals surface area (Å²) in [5.74, 6) is 1.00. The smallest absolute Gasteiger partial charge is 0.143 e. The lowest BCUT2D eigenvalue weighted by molar-refractivity contribution is 0.410. The van der Waals surface area contributed by atoms with E-state index in [1.807, 2.05) is 13.0 Å². The van der Waals surface area contributed by atoms with Crippen molar-refractivity contribution in [2.45, 2.75) is 19.8 Å². The van der Waals surface area contributed by atoms with Crippen molar-refractivity contribution >= 4 is 17.3 Å². The van der Waals surface area contributed by atoms with Crippen molar-refractivity contribution in [2.75, 3.05) is 25.1 Å².